The minimum absolute atomic E-state index is 0.0611. The van der Waals surface area contributed by atoms with Crippen molar-refractivity contribution in [1.29, 1.82) is 0 Å². The van der Waals surface area contributed by atoms with Crippen molar-refractivity contribution < 1.29 is 14.6 Å². The molecule has 0 unspecified atom stereocenters. The van der Waals surface area contributed by atoms with Crippen LogP contribution in [0, 0.1) is 0 Å². The van der Waals surface area contributed by atoms with E-state index >= 15 is 0 Å². The summed E-state index contributed by atoms with van der Waals surface area (Å²) in [5, 5.41) is 11.8. The molecule has 0 aliphatic rings. The molecule has 0 radical (unpaired) electrons. The fourth-order valence-electron chi connectivity index (χ4n) is 2.31. The molecule has 0 aromatic carbocycles. The molecule has 0 amide bonds. The monoisotopic (exact) mass is 327 g/mol. The van der Waals surface area contributed by atoms with E-state index in [1.807, 2.05) is 0 Å². The number of hydrogen-bond acceptors (Lipinski definition) is 4. The zero-order valence-electron chi connectivity index (χ0n) is 15.0. The first-order valence-electron chi connectivity index (χ1n) is 9.43. The number of hydrogen-bond donors (Lipinski definition) is 2. The van der Waals surface area contributed by atoms with Gasteiger partial charge in [0.05, 0.1) is 13.2 Å². The van der Waals surface area contributed by atoms with Gasteiger partial charge in [-0.2, -0.15) is 0 Å². The highest BCUT2D eigenvalue weighted by Gasteiger charge is 2.01. The predicted molar refractivity (Wildman–Crippen MR) is 96.5 cm³/mol. The number of rotatable bonds is 17. The lowest BCUT2D eigenvalue weighted by atomic mass is 10.1. The predicted octanol–water partition coefficient (Wildman–Crippen LogP) is 3.98. The van der Waals surface area contributed by atoms with Crippen LogP contribution in [-0.4, -0.2) is 37.4 Å². The molecule has 0 atom stereocenters. The van der Waals surface area contributed by atoms with Crippen molar-refractivity contribution in [2.24, 2.45) is 0 Å². The number of ether oxygens (including phenoxy) is 1. The van der Waals surface area contributed by atoms with E-state index in [9.17, 15) is 4.79 Å². The highest BCUT2D eigenvalue weighted by molar-refractivity contribution is 5.69. The molecule has 0 aliphatic heterocycles. The number of aliphatic hydroxyl groups excluding tert-OH is 1. The first kappa shape index (κ1) is 22.1. The minimum Gasteiger partial charge on any atom is -0.465 e. The van der Waals surface area contributed by atoms with Crippen molar-refractivity contribution in [1.82, 2.24) is 5.32 Å². The number of esters is 1. The molecule has 4 nitrogen and oxygen atoms in total. The van der Waals surface area contributed by atoms with Crippen LogP contribution >= 0.6 is 0 Å². The van der Waals surface area contributed by atoms with E-state index in [1.54, 1.807) is 0 Å². The van der Waals surface area contributed by atoms with Crippen molar-refractivity contribution in [3.05, 3.63) is 12.2 Å². The Morgan fingerprint density at radius 1 is 0.957 bits per heavy atom. The van der Waals surface area contributed by atoms with Gasteiger partial charge in [0.15, 0.2) is 0 Å². The highest BCUT2D eigenvalue weighted by atomic mass is 16.5. The van der Waals surface area contributed by atoms with Gasteiger partial charge in [-0.3, -0.25) is 4.79 Å². The second-order valence-electron chi connectivity index (χ2n) is 5.97. The van der Waals surface area contributed by atoms with Gasteiger partial charge in [-0.1, -0.05) is 51.2 Å². The van der Waals surface area contributed by atoms with E-state index in [0.717, 1.165) is 45.1 Å². The van der Waals surface area contributed by atoms with Crippen LogP contribution in [0.5, 0.6) is 0 Å². The van der Waals surface area contributed by atoms with Crippen LogP contribution in [0.3, 0.4) is 0 Å². The third kappa shape index (κ3) is 19.1. The minimum atomic E-state index is -0.0611. The molecule has 0 aromatic heterocycles. The average Bonchev–Trinajstić information content (AvgIpc) is 2.56. The molecule has 0 rings (SSSR count). The third-order valence-corrected chi connectivity index (χ3v) is 3.71. The smallest absolute Gasteiger partial charge is 0.305 e. The number of allylic oxidation sites excluding steroid dienone is 1. The normalized spacial score (nSPS) is 11.2. The largest absolute Gasteiger partial charge is 0.465 e. The number of carbonyl (C=O) groups excluding carboxylic acids is 1. The second-order valence-corrected chi connectivity index (χ2v) is 5.97. The summed E-state index contributed by atoms with van der Waals surface area (Å²) in [4.78, 5) is 11.5. The Morgan fingerprint density at radius 3 is 2.48 bits per heavy atom. The van der Waals surface area contributed by atoms with Gasteiger partial charge in [0.25, 0.3) is 0 Å². The summed E-state index contributed by atoms with van der Waals surface area (Å²) in [7, 11) is 0. The average molecular weight is 328 g/mol. The zero-order valence-corrected chi connectivity index (χ0v) is 15.0. The van der Waals surface area contributed by atoms with Crippen molar-refractivity contribution in [2.75, 3.05) is 26.3 Å². The molecule has 0 aromatic rings. The Bertz CT molecular complexity index is 280. The number of aliphatic hydroxyl groups is 1. The third-order valence-electron chi connectivity index (χ3n) is 3.71. The van der Waals surface area contributed by atoms with E-state index in [4.69, 9.17) is 9.84 Å². The first-order chi connectivity index (χ1) is 11.3. The summed E-state index contributed by atoms with van der Waals surface area (Å²) in [6, 6.07) is 0. The van der Waals surface area contributed by atoms with E-state index in [-0.39, 0.29) is 12.6 Å². The zero-order chi connectivity index (χ0) is 17.0. The van der Waals surface area contributed by atoms with Gasteiger partial charge in [-0.15, -0.1) is 0 Å². The van der Waals surface area contributed by atoms with Gasteiger partial charge in [0.2, 0.25) is 0 Å². The van der Waals surface area contributed by atoms with Crippen molar-refractivity contribution in [3.63, 3.8) is 0 Å². The maximum atomic E-state index is 11.5. The van der Waals surface area contributed by atoms with Crippen molar-refractivity contribution in [3.8, 4) is 0 Å². The van der Waals surface area contributed by atoms with Gasteiger partial charge >= 0.3 is 5.97 Å². The van der Waals surface area contributed by atoms with Crippen LogP contribution in [0.1, 0.15) is 77.6 Å². The Morgan fingerprint density at radius 2 is 1.70 bits per heavy atom. The number of unbranched alkanes of at least 4 members (excludes halogenated alkanes) is 7. The van der Waals surface area contributed by atoms with Gasteiger partial charge < -0.3 is 15.2 Å². The van der Waals surface area contributed by atoms with Gasteiger partial charge in [-0.05, 0) is 38.6 Å². The van der Waals surface area contributed by atoms with E-state index in [2.05, 4.69) is 24.4 Å². The van der Waals surface area contributed by atoms with Crippen LogP contribution in [0.15, 0.2) is 12.2 Å². The quantitative estimate of drug-likeness (QED) is 0.241. The van der Waals surface area contributed by atoms with Crippen LogP contribution in [0.4, 0.5) is 0 Å². The van der Waals surface area contributed by atoms with Crippen LogP contribution in [0.2, 0.25) is 0 Å². The molecule has 4 heteroatoms. The van der Waals surface area contributed by atoms with Crippen LogP contribution in [0.25, 0.3) is 0 Å². The molecule has 23 heavy (non-hydrogen) atoms. The van der Waals surface area contributed by atoms with Gasteiger partial charge in [0.1, 0.15) is 0 Å². The molecule has 0 aliphatic carbocycles. The first-order valence-corrected chi connectivity index (χ1v) is 9.43. The Labute approximate surface area is 142 Å². The molecule has 2 N–H and O–H groups in total. The molecule has 136 valence electrons. The molecular formula is C19H37NO3. The van der Waals surface area contributed by atoms with Crippen LogP contribution in [-0.2, 0) is 9.53 Å². The molecule has 0 fully saturated rings. The van der Waals surface area contributed by atoms with E-state index in [1.165, 1.54) is 25.7 Å². The summed E-state index contributed by atoms with van der Waals surface area (Å²) in [5.41, 5.74) is 0. The van der Waals surface area contributed by atoms with Crippen molar-refractivity contribution in [2.45, 2.75) is 77.6 Å². The number of nitrogens with one attached hydrogen (secondary N) is 1. The van der Waals surface area contributed by atoms with E-state index < -0.39 is 0 Å². The fraction of sp³-hybridized carbons (Fsp3) is 0.842. The summed E-state index contributed by atoms with van der Waals surface area (Å²) in [6.07, 6.45) is 16.1. The Kier molecular flexibility index (Phi) is 18.5. The molecule has 0 saturated heterocycles. The van der Waals surface area contributed by atoms with Crippen LogP contribution < -0.4 is 5.32 Å². The summed E-state index contributed by atoms with van der Waals surface area (Å²) < 4.78 is 5.22. The Balaban J connectivity index is 3.22. The topological polar surface area (TPSA) is 58.6 Å². The Hall–Kier alpha value is -0.870. The fourth-order valence-corrected chi connectivity index (χ4v) is 2.31. The molecule has 0 bridgehead atoms. The van der Waals surface area contributed by atoms with Gasteiger partial charge in [-0.25, -0.2) is 0 Å². The number of carbonyl (C=O) groups is 1. The standard InChI is InChI=1S/C19H37NO3/c1-2-3-4-5-6-10-13-18-23-19(22)14-11-8-7-9-12-15-20-16-17-21/h6,10,20-21H,2-5,7-9,11-18H2,1H3. The molecule has 0 spiro atoms. The summed E-state index contributed by atoms with van der Waals surface area (Å²) >= 11 is 0. The molecule has 0 saturated carbocycles. The molecular weight excluding hydrogens is 290 g/mol. The second kappa shape index (κ2) is 19.2. The lowest BCUT2D eigenvalue weighted by Gasteiger charge is -2.04. The maximum absolute atomic E-state index is 11.5. The summed E-state index contributed by atoms with van der Waals surface area (Å²) in [6.45, 7) is 4.57. The SMILES string of the molecule is CCCCCC=CCCOC(=O)CCCCCCCNCCO. The lowest BCUT2D eigenvalue weighted by Crippen LogP contribution is -2.19. The van der Waals surface area contributed by atoms with Gasteiger partial charge in [0, 0.05) is 13.0 Å². The lowest BCUT2D eigenvalue weighted by molar-refractivity contribution is -0.143. The van der Waals surface area contributed by atoms with E-state index in [0.29, 0.717) is 19.6 Å². The van der Waals surface area contributed by atoms with Crippen molar-refractivity contribution >= 4 is 5.97 Å². The summed E-state index contributed by atoms with van der Waals surface area (Å²) in [5.74, 6) is -0.0611. The maximum Gasteiger partial charge on any atom is 0.305 e. The highest BCUT2D eigenvalue weighted by Crippen LogP contribution is 2.06. The molecule has 0 heterocycles.